The first-order chi connectivity index (χ1) is 10.0. The van der Waals surface area contributed by atoms with Crippen molar-refractivity contribution in [2.24, 2.45) is 0 Å². The van der Waals surface area contributed by atoms with Gasteiger partial charge >= 0.3 is 0 Å². The van der Waals surface area contributed by atoms with Crippen molar-refractivity contribution >= 4 is 11.6 Å². The van der Waals surface area contributed by atoms with Gasteiger partial charge in [0.05, 0.1) is 5.02 Å². The van der Waals surface area contributed by atoms with E-state index in [4.69, 9.17) is 11.6 Å². The van der Waals surface area contributed by atoms with Crippen LogP contribution in [0.5, 0.6) is 0 Å². The van der Waals surface area contributed by atoms with Crippen LogP contribution in [-0.2, 0) is 0 Å². The molecule has 0 spiro atoms. The third kappa shape index (κ3) is 3.63. The van der Waals surface area contributed by atoms with Crippen molar-refractivity contribution in [1.29, 1.82) is 0 Å². The number of aryl methyl sites for hydroxylation is 1. The van der Waals surface area contributed by atoms with E-state index >= 15 is 0 Å². The van der Waals surface area contributed by atoms with Crippen molar-refractivity contribution in [3.63, 3.8) is 0 Å². The van der Waals surface area contributed by atoms with Crippen LogP contribution in [0.15, 0.2) is 36.4 Å². The van der Waals surface area contributed by atoms with E-state index in [2.05, 4.69) is 25.2 Å². The molecule has 3 heteroatoms. The fourth-order valence-corrected chi connectivity index (χ4v) is 2.71. The predicted molar refractivity (Wildman–Crippen MR) is 88.3 cm³/mol. The van der Waals surface area contributed by atoms with Gasteiger partial charge in [0.2, 0.25) is 0 Å². The minimum Gasteiger partial charge on any atom is -0.310 e. The van der Waals surface area contributed by atoms with Gasteiger partial charge in [0, 0.05) is 11.6 Å². The molecule has 0 radical (unpaired) electrons. The molecule has 1 atom stereocenters. The molecule has 0 aromatic heterocycles. The van der Waals surface area contributed by atoms with Crippen LogP contribution in [0.3, 0.4) is 0 Å². The molecular weight excluding hydrogens is 285 g/mol. The summed E-state index contributed by atoms with van der Waals surface area (Å²) in [5, 5.41) is 3.94. The second kappa shape index (κ2) is 7.06. The molecule has 1 N–H and O–H groups in total. The lowest BCUT2D eigenvalue weighted by atomic mass is 9.94. The Morgan fingerprint density at radius 3 is 2.62 bits per heavy atom. The predicted octanol–water partition coefficient (Wildman–Crippen LogP) is 5.52. The average molecular weight is 306 g/mol. The Hall–Kier alpha value is -1.38. The molecule has 112 valence electrons. The number of rotatable bonds is 5. The van der Waals surface area contributed by atoms with Gasteiger partial charge in [-0.05, 0) is 55.6 Å². The molecule has 0 fully saturated rings. The summed E-state index contributed by atoms with van der Waals surface area (Å²) in [6.07, 6.45) is 1.09. The normalized spacial score (nSPS) is 12.4. The van der Waals surface area contributed by atoms with Crippen molar-refractivity contribution in [3.05, 3.63) is 58.4 Å². The van der Waals surface area contributed by atoms with Crippen molar-refractivity contribution in [2.45, 2.75) is 33.2 Å². The third-order valence-corrected chi connectivity index (χ3v) is 3.98. The smallest absolute Gasteiger partial charge is 0.127 e. The maximum atomic E-state index is 13.6. The molecule has 1 nitrogen and oxygen atoms in total. The Morgan fingerprint density at radius 2 is 1.90 bits per heavy atom. The largest absolute Gasteiger partial charge is 0.310 e. The molecule has 1 unspecified atom stereocenters. The molecule has 0 saturated heterocycles. The molecular formula is C18H21ClFN. The molecule has 2 aromatic carbocycles. The maximum absolute atomic E-state index is 13.6. The van der Waals surface area contributed by atoms with E-state index in [1.54, 1.807) is 6.92 Å². The number of nitrogens with one attached hydrogen (secondary N) is 1. The van der Waals surface area contributed by atoms with E-state index in [1.807, 2.05) is 24.3 Å². The zero-order valence-corrected chi connectivity index (χ0v) is 13.5. The zero-order valence-electron chi connectivity index (χ0n) is 12.7. The van der Waals surface area contributed by atoms with Crippen molar-refractivity contribution in [1.82, 2.24) is 5.32 Å². The molecule has 0 bridgehead atoms. The lowest BCUT2D eigenvalue weighted by Gasteiger charge is -2.19. The maximum Gasteiger partial charge on any atom is 0.127 e. The molecule has 0 aliphatic heterocycles. The Morgan fingerprint density at radius 1 is 1.19 bits per heavy atom. The van der Waals surface area contributed by atoms with Crippen LogP contribution in [0.1, 0.15) is 37.4 Å². The van der Waals surface area contributed by atoms with Crippen LogP contribution in [0.25, 0.3) is 11.1 Å². The van der Waals surface area contributed by atoms with Gasteiger partial charge in [0.15, 0.2) is 0 Å². The highest BCUT2D eigenvalue weighted by Crippen LogP contribution is 2.34. The van der Waals surface area contributed by atoms with E-state index < -0.39 is 0 Å². The molecule has 2 aromatic rings. The molecule has 0 saturated carbocycles. The third-order valence-electron chi connectivity index (χ3n) is 3.67. The summed E-state index contributed by atoms with van der Waals surface area (Å²) in [5.74, 6) is -0.265. The molecule has 0 aliphatic carbocycles. The standard InChI is InChI=1S/C18H21ClFN/c1-4-9-21-13(3)14-7-5-6-8-15(14)16-10-12(2)18(20)11-17(16)19/h5-8,10-11,13,21H,4,9H2,1-3H3. The van der Waals surface area contributed by atoms with Crippen LogP contribution < -0.4 is 5.32 Å². The quantitative estimate of drug-likeness (QED) is 0.767. The van der Waals surface area contributed by atoms with E-state index in [-0.39, 0.29) is 11.9 Å². The van der Waals surface area contributed by atoms with Gasteiger partial charge in [0.1, 0.15) is 5.82 Å². The van der Waals surface area contributed by atoms with Crippen LogP contribution in [0.4, 0.5) is 4.39 Å². The number of hydrogen-bond acceptors (Lipinski definition) is 1. The topological polar surface area (TPSA) is 12.0 Å². The SMILES string of the molecule is CCCNC(C)c1ccccc1-c1cc(C)c(F)cc1Cl. The summed E-state index contributed by atoms with van der Waals surface area (Å²) in [5.41, 5.74) is 3.73. The van der Waals surface area contributed by atoms with Gasteiger partial charge in [-0.2, -0.15) is 0 Å². The van der Waals surface area contributed by atoms with Crippen LogP contribution in [0.2, 0.25) is 5.02 Å². The zero-order chi connectivity index (χ0) is 15.4. The Kier molecular flexibility index (Phi) is 5.38. The number of hydrogen-bond donors (Lipinski definition) is 1. The van der Waals surface area contributed by atoms with Gasteiger partial charge < -0.3 is 5.32 Å². The van der Waals surface area contributed by atoms with E-state index in [0.29, 0.717) is 10.6 Å². The summed E-state index contributed by atoms with van der Waals surface area (Å²) in [6.45, 7) is 7.01. The molecule has 0 aliphatic rings. The highest BCUT2D eigenvalue weighted by atomic mass is 35.5. The molecule has 0 heterocycles. The second-order valence-electron chi connectivity index (χ2n) is 5.34. The average Bonchev–Trinajstić information content (AvgIpc) is 2.48. The monoisotopic (exact) mass is 305 g/mol. The number of benzene rings is 2. The van der Waals surface area contributed by atoms with Gasteiger partial charge in [-0.3, -0.25) is 0 Å². The van der Waals surface area contributed by atoms with Crippen molar-refractivity contribution < 1.29 is 4.39 Å². The lowest BCUT2D eigenvalue weighted by molar-refractivity contribution is 0.571. The van der Waals surface area contributed by atoms with Gasteiger partial charge in [0.25, 0.3) is 0 Å². The van der Waals surface area contributed by atoms with Crippen LogP contribution >= 0.6 is 11.6 Å². The Balaban J connectivity index is 2.47. The highest BCUT2D eigenvalue weighted by molar-refractivity contribution is 6.33. The van der Waals surface area contributed by atoms with Crippen molar-refractivity contribution in [2.75, 3.05) is 6.54 Å². The lowest BCUT2D eigenvalue weighted by Crippen LogP contribution is -2.19. The first-order valence-corrected chi connectivity index (χ1v) is 7.70. The summed E-state index contributed by atoms with van der Waals surface area (Å²) < 4.78 is 13.6. The van der Waals surface area contributed by atoms with Gasteiger partial charge in [-0.1, -0.05) is 42.8 Å². The highest BCUT2D eigenvalue weighted by Gasteiger charge is 2.14. The number of halogens is 2. The fourth-order valence-electron chi connectivity index (χ4n) is 2.45. The minimum absolute atomic E-state index is 0.225. The van der Waals surface area contributed by atoms with E-state index in [9.17, 15) is 4.39 Å². The second-order valence-corrected chi connectivity index (χ2v) is 5.75. The van der Waals surface area contributed by atoms with Gasteiger partial charge in [-0.15, -0.1) is 0 Å². The van der Waals surface area contributed by atoms with Crippen LogP contribution in [-0.4, -0.2) is 6.54 Å². The van der Waals surface area contributed by atoms with Gasteiger partial charge in [-0.25, -0.2) is 4.39 Å². The first-order valence-electron chi connectivity index (χ1n) is 7.33. The van der Waals surface area contributed by atoms with Crippen LogP contribution in [0, 0.1) is 12.7 Å². The Labute approximate surface area is 131 Å². The van der Waals surface area contributed by atoms with E-state index in [0.717, 1.165) is 24.1 Å². The summed E-state index contributed by atoms with van der Waals surface area (Å²) in [4.78, 5) is 0. The summed E-state index contributed by atoms with van der Waals surface area (Å²) in [7, 11) is 0. The Bertz CT molecular complexity index is 625. The molecule has 2 rings (SSSR count). The molecule has 21 heavy (non-hydrogen) atoms. The van der Waals surface area contributed by atoms with E-state index in [1.165, 1.54) is 11.6 Å². The molecule has 0 amide bonds. The fraction of sp³-hybridized carbons (Fsp3) is 0.333. The summed E-state index contributed by atoms with van der Waals surface area (Å²) >= 11 is 6.26. The minimum atomic E-state index is -0.265. The van der Waals surface area contributed by atoms with Crippen molar-refractivity contribution in [3.8, 4) is 11.1 Å². The first kappa shape index (κ1) is 16.0. The summed E-state index contributed by atoms with van der Waals surface area (Å²) in [6, 6.07) is 11.6.